The molecule has 1 N–H and O–H groups in total. The molecule has 0 radical (unpaired) electrons. The van der Waals surface area contributed by atoms with E-state index in [1.165, 1.54) is 4.67 Å². The molecule has 0 amide bonds. The van der Waals surface area contributed by atoms with Gasteiger partial charge in [-0.3, -0.25) is 9.24 Å². The number of benzene rings is 2. The van der Waals surface area contributed by atoms with Crippen LogP contribution in [-0.2, 0) is 4.57 Å². The van der Waals surface area contributed by atoms with Crippen molar-refractivity contribution < 1.29 is 9.46 Å². The summed E-state index contributed by atoms with van der Waals surface area (Å²) < 4.78 is 16.2. The minimum atomic E-state index is -3.81. The van der Waals surface area contributed by atoms with Gasteiger partial charge in [0.2, 0.25) is 0 Å². The van der Waals surface area contributed by atoms with Gasteiger partial charge in [0.15, 0.2) is 5.82 Å². The van der Waals surface area contributed by atoms with Crippen LogP contribution in [0.4, 0.5) is 5.82 Å². The van der Waals surface area contributed by atoms with Crippen molar-refractivity contribution >= 4 is 24.5 Å². The van der Waals surface area contributed by atoms with Crippen molar-refractivity contribution in [2.45, 2.75) is 6.92 Å². The lowest BCUT2D eigenvalue weighted by Gasteiger charge is -2.30. The predicted molar refractivity (Wildman–Crippen MR) is 98.2 cm³/mol. The van der Waals surface area contributed by atoms with Crippen molar-refractivity contribution in [1.82, 2.24) is 14.5 Å². The number of hydrogen-bond donors (Lipinski definition) is 1. The third-order valence-electron chi connectivity index (χ3n) is 4.25. The molecule has 1 aromatic heterocycles. The average molecular weight is 352 g/mol. The van der Waals surface area contributed by atoms with Crippen LogP contribution in [0.5, 0.6) is 0 Å². The van der Waals surface area contributed by atoms with Gasteiger partial charge in [-0.05, 0) is 19.1 Å². The molecule has 1 aliphatic heterocycles. The highest BCUT2D eigenvalue weighted by Gasteiger charge is 2.41. The van der Waals surface area contributed by atoms with E-state index >= 15 is 0 Å². The fourth-order valence-electron chi connectivity index (χ4n) is 2.99. The lowest BCUT2D eigenvalue weighted by molar-refractivity contribution is 0.446. The summed E-state index contributed by atoms with van der Waals surface area (Å²) in [5.74, 6) is 0.863. The summed E-state index contributed by atoms with van der Waals surface area (Å²) >= 11 is 0. The number of aliphatic imine (C=N–C) groups is 1. The lowest BCUT2D eigenvalue weighted by atomic mass is 10.2. The van der Waals surface area contributed by atoms with Crippen LogP contribution in [0, 0.1) is 6.92 Å². The summed E-state index contributed by atoms with van der Waals surface area (Å²) in [6.45, 7) is 1.73. The van der Waals surface area contributed by atoms with Gasteiger partial charge in [-0.25, -0.2) is 9.67 Å². The van der Waals surface area contributed by atoms with E-state index in [9.17, 15) is 9.46 Å². The van der Waals surface area contributed by atoms with E-state index in [1.807, 2.05) is 60.7 Å². The molecule has 0 saturated carbocycles. The minimum Gasteiger partial charge on any atom is -0.326 e. The second-order valence-electron chi connectivity index (χ2n) is 5.87. The fourth-order valence-corrected chi connectivity index (χ4v) is 4.58. The normalized spacial score (nSPS) is 19.5. The number of aromatic nitrogens is 2. The Hall–Kier alpha value is -2.69. The molecule has 126 valence electrons. The topological polar surface area (TPSA) is 70.7 Å². The van der Waals surface area contributed by atoms with E-state index in [2.05, 4.69) is 5.10 Å². The molecule has 2 aromatic carbocycles. The predicted octanol–water partition coefficient (Wildman–Crippen LogP) is 3.02. The lowest BCUT2D eigenvalue weighted by Crippen LogP contribution is -2.33. The molecular formula is C18H17N4O2P. The molecule has 2 heterocycles. The Morgan fingerprint density at radius 2 is 1.60 bits per heavy atom. The van der Waals surface area contributed by atoms with E-state index in [0.29, 0.717) is 22.7 Å². The summed E-state index contributed by atoms with van der Waals surface area (Å²) in [5, 5.41) is 4.76. The van der Waals surface area contributed by atoms with Crippen molar-refractivity contribution in [2.75, 3.05) is 7.05 Å². The van der Waals surface area contributed by atoms with Crippen LogP contribution in [0.1, 0.15) is 11.3 Å². The summed E-state index contributed by atoms with van der Waals surface area (Å²) in [7, 11) is -2.22. The standard InChI is InChI=1S/C18H17N4O2P/c1-13-16-18(22(20-13)15-11-7-4-8-12-15)19-17(21(2)25(16,23)24)14-9-5-3-6-10-14/h3-12H,1-2H3,(H,23,24). The van der Waals surface area contributed by atoms with Gasteiger partial charge in [0.1, 0.15) is 11.1 Å². The Morgan fingerprint density at radius 3 is 2.24 bits per heavy atom. The molecule has 3 aromatic rings. The smallest absolute Gasteiger partial charge is 0.326 e. The zero-order chi connectivity index (χ0) is 17.6. The number of hydrogen-bond acceptors (Lipinski definition) is 3. The van der Waals surface area contributed by atoms with Crippen molar-refractivity contribution in [3.05, 3.63) is 71.9 Å². The summed E-state index contributed by atoms with van der Waals surface area (Å²) in [4.78, 5) is 15.5. The van der Waals surface area contributed by atoms with Crippen LogP contribution in [0.2, 0.25) is 0 Å². The molecule has 7 heteroatoms. The van der Waals surface area contributed by atoms with Crippen LogP contribution in [0.3, 0.4) is 0 Å². The molecule has 4 rings (SSSR count). The van der Waals surface area contributed by atoms with Crippen molar-refractivity contribution in [2.24, 2.45) is 4.99 Å². The maximum Gasteiger partial charge on any atom is 0.330 e. The van der Waals surface area contributed by atoms with E-state index in [-0.39, 0.29) is 0 Å². The Bertz CT molecular complexity index is 1010. The first-order valence-electron chi connectivity index (χ1n) is 7.87. The van der Waals surface area contributed by atoms with Crippen LogP contribution in [-0.4, -0.2) is 32.2 Å². The van der Waals surface area contributed by atoms with Gasteiger partial charge in [0, 0.05) is 12.6 Å². The van der Waals surface area contributed by atoms with Gasteiger partial charge >= 0.3 is 7.52 Å². The monoisotopic (exact) mass is 352 g/mol. The first-order chi connectivity index (χ1) is 12.0. The van der Waals surface area contributed by atoms with Gasteiger partial charge < -0.3 is 4.89 Å². The van der Waals surface area contributed by atoms with Crippen molar-refractivity contribution in [3.63, 3.8) is 0 Å². The number of rotatable bonds is 2. The molecule has 25 heavy (non-hydrogen) atoms. The molecule has 1 atom stereocenters. The van der Waals surface area contributed by atoms with Gasteiger partial charge in [-0.2, -0.15) is 5.10 Å². The second kappa shape index (κ2) is 5.69. The maximum atomic E-state index is 13.2. The molecule has 1 aliphatic rings. The molecule has 0 spiro atoms. The molecule has 6 nitrogen and oxygen atoms in total. The molecule has 1 unspecified atom stereocenters. The second-order valence-corrected chi connectivity index (χ2v) is 8.01. The highest BCUT2D eigenvalue weighted by molar-refractivity contribution is 7.65. The third-order valence-corrected chi connectivity index (χ3v) is 6.36. The quantitative estimate of drug-likeness (QED) is 0.720. The molecule has 0 aliphatic carbocycles. The summed E-state index contributed by atoms with van der Waals surface area (Å²) in [6.07, 6.45) is 0. The van der Waals surface area contributed by atoms with Gasteiger partial charge in [0.25, 0.3) is 0 Å². The van der Waals surface area contributed by atoms with E-state index in [4.69, 9.17) is 4.99 Å². The maximum absolute atomic E-state index is 13.2. The fraction of sp³-hybridized carbons (Fsp3) is 0.111. The van der Waals surface area contributed by atoms with E-state index in [1.54, 1.807) is 18.7 Å². The number of para-hydroxylation sites is 1. The van der Waals surface area contributed by atoms with Crippen LogP contribution in [0.25, 0.3) is 5.69 Å². The number of aryl methyl sites for hydroxylation is 1. The Kier molecular flexibility index (Phi) is 3.60. The average Bonchev–Trinajstić information content (AvgIpc) is 2.97. The van der Waals surface area contributed by atoms with Crippen LogP contribution < -0.4 is 5.30 Å². The number of amidine groups is 1. The molecule has 0 bridgehead atoms. The third kappa shape index (κ3) is 2.42. The number of fused-ring (bicyclic) bond motifs is 1. The zero-order valence-corrected chi connectivity index (χ0v) is 14.8. The summed E-state index contributed by atoms with van der Waals surface area (Å²) in [5.41, 5.74) is 2.09. The van der Waals surface area contributed by atoms with E-state index < -0.39 is 7.52 Å². The SMILES string of the molecule is Cc1nn(-c2ccccc2)c2c1P(=O)(O)N(C)C(c1ccccc1)=N2. The Morgan fingerprint density at radius 1 is 1.00 bits per heavy atom. The minimum absolute atomic E-state index is 0.290. The molecule has 0 fully saturated rings. The molecule has 0 saturated heterocycles. The van der Waals surface area contributed by atoms with Crippen LogP contribution in [0.15, 0.2) is 65.7 Å². The molecular weight excluding hydrogens is 335 g/mol. The van der Waals surface area contributed by atoms with E-state index in [0.717, 1.165) is 11.3 Å². The zero-order valence-electron chi connectivity index (χ0n) is 13.9. The van der Waals surface area contributed by atoms with Crippen molar-refractivity contribution in [3.8, 4) is 5.69 Å². The van der Waals surface area contributed by atoms with Crippen LogP contribution >= 0.6 is 7.52 Å². The highest BCUT2D eigenvalue weighted by Crippen LogP contribution is 2.50. The van der Waals surface area contributed by atoms with Crippen molar-refractivity contribution in [1.29, 1.82) is 0 Å². The first-order valence-corrected chi connectivity index (χ1v) is 9.48. The Balaban J connectivity index is 2.00. The summed E-state index contributed by atoms with van der Waals surface area (Å²) in [6, 6.07) is 18.9. The number of nitrogens with zero attached hydrogens (tertiary/aromatic N) is 4. The first kappa shape index (κ1) is 15.8. The Labute approximate surface area is 145 Å². The van der Waals surface area contributed by atoms with Gasteiger partial charge in [-0.1, -0.05) is 48.5 Å². The largest absolute Gasteiger partial charge is 0.330 e. The highest BCUT2D eigenvalue weighted by atomic mass is 31.2. The van der Waals surface area contributed by atoms with Gasteiger partial charge in [-0.15, -0.1) is 0 Å². The van der Waals surface area contributed by atoms with Gasteiger partial charge in [0.05, 0.1) is 11.4 Å².